The molecule has 1 saturated heterocycles. The molecule has 0 radical (unpaired) electrons. The molecular weight excluding hydrogens is 315 g/mol. The molecule has 0 spiro atoms. The minimum Gasteiger partial charge on any atom is -0.371 e. The highest BCUT2D eigenvalue weighted by molar-refractivity contribution is 5.53. The van der Waals surface area contributed by atoms with Crippen LogP contribution in [-0.4, -0.2) is 28.7 Å². The summed E-state index contributed by atoms with van der Waals surface area (Å²) in [6, 6.07) is 5.84. The third kappa shape index (κ3) is 4.03. The molecule has 4 nitrogen and oxygen atoms in total. The first kappa shape index (κ1) is 17.9. The van der Waals surface area contributed by atoms with Gasteiger partial charge in [-0.15, -0.1) is 0 Å². The number of aryl methyl sites for hydroxylation is 2. The first-order valence-electron chi connectivity index (χ1n) is 9.20. The Balaban J connectivity index is 1.63. The van der Waals surface area contributed by atoms with Gasteiger partial charge in [0.05, 0.1) is 6.04 Å². The number of benzene rings is 1. The summed E-state index contributed by atoms with van der Waals surface area (Å²) < 4.78 is 15.4. The Labute approximate surface area is 150 Å². The summed E-state index contributed by atoms with van der Waals surface area (Å²) in [6.07, 6.45) is 6.05. The van der Waals surface area contributed by atoms with E-state index in [1.807, 2.05) is 25.4 Å². The molecule has 1 fully saturated rings. The Bertz CT molecular complexity index is 701. The molecule has 2 aromatic rings. The summed E-state index contributed by atoms with van der Waals surface area (Å²) >= 11 is 0. The number of piperidine rings is 1. The van der Waals surface area contributed by atoms with Crippen molar-refractivity contribution in [3.8, 4) is 0 Å². The van der Waals surface area contributed by atoms with E-state index in [1.54, 1.807) is 12.1 Å². The number of hydrogen-bond donors (Lipinski definition) is 1. The number of halogens is 1. The molecule has 3 rings (SSSR count). The molecule has 0 saturated carbocycles. The Hall–Kier alpha value is -1.88. The van der Waals surface area contributed by atoms with Gasteiger partial charge in [0.25, 0.3) is 0 Å². The van der Waals surface area contributed by atoms with Crippen LogP contribution in [-0.2, 0) is 7.05 Å². The van der Waals surface area contributed by atoms with E-state index in [4.69, 9.17) is 0 Å². The predicted molar refractivity (Wildman–Crippen MR) is 100 cm³/mol. The van der Waals surface area contributed by atoms with Crippen molar-refractivity contribution in [1.82, 2.24) is 14.9 Å². The fraction of sp³-hybridized carbons (Fsp3) is 0.550. The second-order valence-corrected chi connectivity index (χ2v) is 7.48. The highest BCUT2D eigenvalue weighted by Gasteiger charge is 2.26. The number of anilines is 1. The topological polar surface area (TPSA) is 33.1 Å². The highest BCUT2D eigenvalue weighted by Crippen LogP contribution is 2.27. The van der Waals surface area contributed by atoms with Gasteiger partial charge in [-0.1, -0.05) is 13.8 Å². The lowest BCUT2D eigenvalue weighted by Crippen LogP contribution is -2.45. The molecule has 5 heteroatoms. The smallest absolute Gasteiger partial charge is 0.125 e. The molecule has 1 N–H and O–H groups in total. The van der Waals surface area contributed by atoms with Gasteiger partial charge in [-0.3, -0.25) is 0 Å². The monoisotopic (exact) mass is 344 g/mol. The van der Waals surface area contributed by atoms with Gasteiger partial charge in [-0.25, -0.2) is 9.37 Å². The van der Waals surface area contributed by atoms with Crippen LogP contribution in [0.4, 0.5) is 10.1 Å². The van der Waals surface area contributed by atoms with Crippen molar-refractivity contribution < 1.29 is 4.39 Å². The average molecular weight is 344 g/mol. The van der Waals surface area contributed by atoms with Crippen LogP contribution in [0.25, 0.3) is 0 Å². The van der Waals surface area contributed by atoms with Crippen molar-refractivity contribution >= 4 is 5.69 Å². The Morgan fingerprint density at radius 1 is 1.24 bits per heavy atom. The van der Waals surface area contributed by atoms with Crippen LogP contribution < -0.4 is 10.2 Å². The molecule has 2 heterocycles. The van der Waals surface area contributed by atoms with E-state index in [2.05, 4.69) is 40.7 Å². The van der Waals surface area contributed by atoms with Gasteiger partial charge in [0.15, 0.2) is 0 Å². The maximum atomic E-state index is 13.3. The summed E-state index contributed by atoms with van der Waals surface area (Å²) in [5.41, 5.74) is 2.17. The van der Waals surface area contributed by atoms with Crippen molar-refractivity contribution in [1.29, 1.82) is 0 Å². The summed E-state index contributed by atoms with van der Waals surface area (Å²) in [5, 5.41) is 3.82. The Morgan fingerprint density at radius 3 is 2.52 bits per heavy atom. The molecule has 1 unspecified atom stereocenters. The largest absolute Gasteiger partial charge is 0.371 e. The van der Waals surface area contributed by atoms with Crippen molar-refractivity contribution in [2.75, 3.05) is 18.0 Å². The number of rotatable bonds is 5. The van der Waals surface area contributed by atoms with E-state index in [0.717, 1.165) is 43.0 Å². The summed E-state index contributed by atoms with van der Waals surface area (Å²) in [6.45, 7) is 8.45. The molecule has 1 atom stereocenters. The minimum atomic E-state index is -0.160. The lowest BCUT2D eigenvalue weighted by atomic mass is 9.98. The quantitative estimate of drug-likeness (QED) is 0.895. The van der Waals surface area contributed by atoms with Crippen LogP contribution in [0.3, 0.4) is 0 Å². The summed E-state index contributed by atoms with van der Waals surface area (Å²) in [4.78, 5) is 6.91. The second kappa shape index (κ2) is 7.56. The molecular formula is C20H29FN4. The van der Waals surface area contributed by atoms with Gasteiger partial charge in [-0.05, 0) is 49.4 Å². The molecule has 1 aromatic carbocycles. The molecule has 0 aliphatic carbocycles. The fourth-order valence-corrected chi connectivity index (χ4v) is 3.76. The number of nitrogens with one attached hydrogen (secondary N) is 1. The van der Waals surface area contributed by atoms with Crippen LogP contribution in [0.15, 0.2) is 30.6 Å². The van der Waals surface area contributed by atoms with E-state index >= 15 is 0 Å². The van der Waals surface area contributed by atoms with E-state index in [1.165, 1.54) is 0 Å². The van der Waals surface area contributed by atoms with Gasteiger partial charge >= 0.3 is 0 Å². The minimum absolute atomic E-state index is 0.160. The van der Waals surface area contributed by atoms with Crippen LogP contribution in [0, 0.1) is 18.7 Å². The highest BCUT2D eigenvalue weighted by atomic mass is 19.1. The normalized spacial score (nSPS) is 17.3. The molecule has 0 bridgehead atoms. The molecule has 1 aliphatic heterocycles. The van der Waals surface area contributed by atoms with Crippen molar-refractivity contribution in [3.05, 3.63) is 47.8 Å². The van der Waals surface area contributed by atoms with Crippen LogP contribution in [0.5, 0.6) is 0 Å². The van der Waals surface area contributed by atoms with Gasteiger partial charge < -0.3 is 14.8 Å². The van der Waals surface area contributed by atoms with Crippen molar-refractivity contribution in [2.24, 2.45) is 13.0 Å². The average Bonchev–Trinajstić information content (AvgIpc) is 2.99. The number of aromatic nitrogens is 2. The molecule has 25 heavy (non-hydrogen) atoms. The second-order valence-electron chi connectivity index (χ2n) is 7.48. The van der Waals surface area contributed by atoms with Gasteiger partial charge in [0.1, 0.15) is 11.6 Å². The van der Waals surface area contributed by atoms with Gasteiger partial charge in [0, 0.05) is 44.3 Å². The summed E-state index contributed by atoms with van der Waals surface area (Å²) in [7, 11) is 2.05. The predicted octanol–water partition coefficient (Wildman–Crippen LogP) is 3.82. The zero-order chi connectivity index (χ0) is 18.0. The molecule has 1 aromatic heterocycles. The van der Waals surface area contributed by atoms with Crippen LogP contribution in [0.1, 0.15) is 44.1 Å². The van der Waals surface area contributed by atoms with Crippen molar-refractivity contribution in [3.63, 3.8) is 0 Å². The number of hydrogen-bond acceptors (Lipinski definition) is 3. The van der Waals surface area contributed by atoms with Crippen molar-refractivity contribution in [2.45, 2.75) is 45.7 Å². The van der Waals surface area contributed by atoms with E-state index in [9.17, 15) is 4.39 Å². The zero-order valence-corrected chi connectivity index (χ0v) is 15.7. The standard InChI is InChI=1S/C20H29FN4/c1-14(2)19(20-22-9-12-24(20)4)23-17-7-10-25(11-8-17)18-6-5-16(21)13-15(18)3/h5-6,9,12-14,17,19,23H,7-8,10-11H2,1-4H3. The maximum absolute atomic E-state index is 13.3. The zero-order valence-electron chi connectivity index (χ0n) is 15.7. The van der Waals surface area contributed by atoms with E-state index in [0.29, 0.717) is 12.0 Å². The third-order valence-corrected chi connectivity index (χ3v) is 5.21. The number of imidazole rings is 1. The van der Waals surface area contributed by atoms with Gasteiger partial charge in [-0.2, -0.15) is 0 Å². The first-order valence-corrected chi connectivity index (χ1v) is 9.20. The third-order valence-electron chi connectivity index (χ3n) is 5.21. The fourth-order valence-electron chi connectivity index (χ4n) is 3.76. The van der Waals surface area contributed by atoms with E-state index < -0.39 is 0 Å². The molecule has 0 amide bonds. The lowest BCUT2D eigenvalue weighted by molar-refractivity contribution is 0.307. The Morgan fingerprint density at radius 2 is 1.96 bits per heavy atom. The van der Waals surface area contributed by atoms with E-state index in [-0.39, 0.29) is 11.9 Å². The summed E-state index contributed by atoms with van der Waals surface area (Å²) in [5.74, 6) is 1.43. The van der Waals surface area contributed by atoms with Crippen LogP contribution in [0.2, 0.25) is 0 Å². The number of nitrogens with zero attached hydrogens (tertiary/aromatic N) is 3. The molecule has 1 aliphatic rings. The first-order chi connectivity index (χ1) is 12.0. The SMILES string of the molecule is Cc1cc(F)ccc1N1CCC(NC(c2nccn2C)C(C)C)CC1. The van der Waals surface area contributed by atoms with Gasteiger partial charge in [0.2, 0.25) is 0 Å². The molecule has 136 valence electrons. The Kier molecular flexibility index (Phi) is 5.42. The lowest BCUT2D eigenvalue weighted by Gasteiger charge is -2.37. The van der Waals surface area contributed by atoms with Crippen LogP contribution >= 0.6 is 0 Å². The maximum Gasteiger partial charge on any atom is 0.125 e.